The van der Waals surface area contributed by atoms with Crippen LogP contribution in [0, 0.1) is 0 Å². The number of likely N-dealkylation sites (N-methyl/N-ethyl adjacent to an activating group) is 1. The largest absolute Gasteiger partial charge is 0.358 e. The summed E-state index contributed by atoms with van der Waals surface area (Å²) in [6, 6.07) is 1.00. The van der Waals surface area contributed by atoms with Gasteiger partial charge in [0.05, 0.1) is 0 Å². The molecular weight excluding hydrogens is 380 g/mol. The molecule has 0 spiro atoms. The zero-order valence-electron chi connectivity index (χ0n) is 15.6. The summed E-state index contributed by atoms with van der Waals surface area (Å²) in [5.41, 5.74) is 2.06. The van der Waals surface area contributed by atoms with Gasteiger partial charge in [0.25, 0.3) is 0 Å². The van der Waals surface area contributed by atoms with E-state index in [1.165, 1.54) is 17.7 Å². The van der Waals surface area contributed by atoms with Crippen molar-refractivity contribution in [2.24, 2.45) is 0 Å². The van der Waals surface area contributed by atoms with Crippen molar-refractivity contribution in [2.75, 3.05) is 24.2 Å². The van der Waals surface area contributed by atoms with Crippen molar-refractivity contribution in [3.63, 3.8) is 0 Å². The number of nitrogens with one attached hydrogen (secondary N) is 4. The third kappa shape index (κ3) is 4.31. The number of nitrogens with zero attached hydrogens (tertiary/aromatic N) is 4. The average molecular weight is 400 g/mol. The summed E-state index contributed by atoms with van der Waals surface area (Å²) in [5, 5.41) is 11.5. The van der Waals surface area contributed by atoms with Gasteiger partial charge in [0.1, 0.15) is 28.5 Å². The Kier molecular flexibility index (Phi) is 5.94. The molecule has 3 aromatic heterocycles. The summed E-state index contributed by atoms with van der Waals surface area (Å²) < 4.78 is 0. The van der Waals surface area contributed by atoms with Crippen molar-refractivity contribution in [3.05, 3.63) is 24.8 Å². The predicted octanol–water partition coefficient (Wildman–Crippen LogP) is 1.84. The quantitative estimate of drug-likeness (QED) is 0.496. The number of rotatable bonds is 6. The molecule has 28 heavy (non-hydrogen) atoms. The Hall–Kier alpha value is -3.34. The summed E-state index contributed by atoms with van der Waals surface area (Å²) in [6.07, 6.45) is 4.75. The van der Waals surface area contributed by atoms with E-state index in [2.05, 4.69) is 41.2 Å². The lowest BCUT2D eigenvalue weighted by Gasteiger charge is -2.16. The minimum absolute atomic E-state index is 0.167. The standard InChI is InChI=1S/C17H20N8O2S/c1-4-21-16(27)25-17-23-12-5-11(10-6-19-8-20-7-10)13(24-15(12)28-17)22-9(2)14(26)18-3/h5-9H,4H2,1-3H3,(H,18,26)(H,22,24)(H2,21,23,25,27). The van der Waals surface area contributed by atoms with E-state index in [1.807, 2.05) is 13.0 Å². The molecule has 1 unspecified atom stereocenters. The fourth-order valence-electron chi connectivity index (χ4n) is 2.48. The summed E-state index contributed by atoms with van der Waals surface area (Å²) in [6.45, 7) is 4.09. The van der Waals surface area contributed by atoms with E-state index in [9.17, 15) is 9.59 Å². The second kappa shape index (κ2) is 8.57. The van der Waals surface area contributed by atoms with Gasteiger partial charge in [-0.05, 0) is 19.9 Å². The fourth-order valence-corrected chi connectivity index (χ4v) is 3.29. The highest BCUT2D eigenvalue weighted by Crippen LogP contribution is 2.33. The molecular formula is C17H20N8O2S. The molecule has 3 heterocycles. The van der Waals surface area contributed by atoms with E-state index in [1.54, 1.807) is 26.4 Å². The first kappa shape index (κ1) is 19.4. The molecule has 3 rings (SSSR count). The van der Waals surface area contributed by atoms with E-state index in [0.29, 0.717) is 33.4 Å². The van der Waals surface area contributed by atoms with Gasteiger partial charge in [-0.15, -0.1) is 0 Å². The Balaban J connectivity index is 2.02. The number of fused-ring (bicyclic) bond motifs is 1. The number of pyridine rings is 1. The maximum Gasteiger partial charge on any atom is 0.321 e. The second-order valence-electron chi connectivity index (χ2n) is 5.82. The van der Waals surface area contributed by atoms with Gasteiger partial charge < -0.3 is 16.0 Å². The van der Waals surface area contributed by atoms with Gasteiger partial charge in [0, 0.05) is 37.1 Å². The third-order valence-corrected chi connectivity index (χ3v) is 4.69. The van der Waals surface area contributed by atoms with E-state index in [-0.39, 0.29) is 11.9 Å². The molecule has 0 bridgehead atoms. The van der Waals surface area contributed by atoms with Gasteiger partial charge in [-0.2, -0.15) is 0 Å². The van der Waals surface area contributed by atoms with Gasteiger partial charge in [0.2, 0.25) is 5.91 Å². The molecule has 0 fully saturated rings. The Morgan fingerprint density at radius 2 is 1.96 bits per heavy atom. The first-order valence-corrected chi connectivity index (χ1v) is 9.43. The zero-order chi connectivity index (χ0) is 20.1. The van der Waals surface area contributed by atoms with Gasteiger partial charge in [-0.3, -0.25) is 10.1 Å². The normalized spacial score (nSPS) is 11.7. The highest BCUT2D eigenvalue weighted by Gasteiger charge is 2.18. The molecule has 146 valence electrons. The molecule has 0 aromatic carbocycles. The number of amides is 3. The van der Waals surface area contributed by atoms with Crippen LogP contribution in [0.2, 0.25) is 0 Å². The third-order valence-electron chi connectivity index (χ3n) is 3.81. The number of urea groups is 1. The Morgan fingerprint density at radius 3 is 2.64 bits per heavy atom. The Morgan fingerprint density at radius 1 is 1.21 bits per heavy atom. The highest BCUT2D eigenvalue weighted by atomic mass is 32.1. The molecule has 4 N–H and O–H groups in total. The zero-order valence-corrected chi connectivity index (χ0v) is 16.4. The van der Waals surface area contributed by atoms with Crippen LogP contribution in [0.15, 0.2) is 24.8 Å². The number of thiazole rings is 1. The number of carbonyl (C=O) groups excluding carboxylic acids is 2. The summed E-state index contributed by atoms with van der Waals surface area (Å²) in [7, 11) is 1.57. The number of aromatic nitrogens is 4. The molecule has 0 aliphatic carbocycles. The lowest BCUT2D eigenvalue weighted by Crippen LogP contribution is -2.35. The molecule has 0 aliphatic rings. The SMILES string of the molecule is CCNC(=O)Nc1nc2cc(-c3cncnc3)c(NC(C)C(=O)NC)nc2s1. The summed E-state index contributed by atoms with van der Waals surface area (Å²) >= 11 is 1.24. The van der Waals surface area contributed by atoms with Gasteiger partial charge >= 0.3 is 6.03 Å². The van der Waals surface area contributed by atoms with Gasteiger partial charge in [-0.1, -0.05) is 11.3 Å². The van der Waals surface area contributed by atoms with Crippen molar-refractivity contribution < 1.29 is 9.59 Å². The van der Waals surface area contributed by atoms with Crippen LogP contribution < -0.4 is 21.3 Å². The molecule has 1 atom stereocenters. The second-order valence-corrected chi connectivity index (χ2v) is 6.80. The van der Waals surface area contributed by atoms with E-state index < -0.39 is 6.04 Å². The van der Waals surface area contributed by atoms with Gasteiger partial charge in [-0.25, -0.2) is 24.7 Å². The van der Waals surface area contributed by atoms with Crippen LogP contribution in [-0.4, -0.2) is 51.5 Å². The summed E-state index contributed by atoms with van der Waals surface area (Å²) in [5.74, 6) is 0.340. The van der Waals surface area contributed by atoms with Crippen LogP contribution in [-0.2, 0) is 4.79 Å². The van der Waals surface area contributed by atoms with Crippen molar-refractivity contribution in [3.8, 4) is 11.1 Å². The van der Waals surface area contributed by atoms with Crippen LogP contribution in [0.3, 0.4) is 0 Å². The van der Waals surface area contributed by atoms with Crippen molar-refractivity contribution in [1.29, 1.82) is 0 Å². The molecule has 0 radical (unpaired) electrons. The maximum absolute atomic E-state index is 11.9. The van der Waals surface area contributed by atoms with Gasteiger partial charge in [0.15, 0.2) is 5.13 Å². The van der Waals surface area contributed by atoms with E-state index in [4.69, 9.17) is 0 Å². The lowest BCUT2D eigenvalue weighted by molar-refractivity contribution is -0.121. The van der Waals surface area contributed by atoms with Crippen LogP contribution >= 0.6 is 11.3 Å². The molecule has 11 heteroatoms. The number of carbonyl (C=O) groups is 2. The molecule has 0 aliphatic heterocycles. The fraction of sp³-hybridized carbons (Fsp3) is 0.294. The molecule has 3 aromatic rings. The van der Waals surface area contributed by atoms with E-state index in [0.717, 1.165) is 5.56 Å². The monoisotopic (exact) mass is 400 g/mol. The van der Waals surface area contributed by atoms with Crippen LogP contribution in [0.25, 0.3) is 21.5 Å². The summed E-state index contributed by atoms with van der Waals surface area (Å²) in [4.78, 5) is 41.4. The van der Waals surface area contributed by atoms with Crippen LogP contribution in [0.5, 0.6) is 0 Å². The number of hydrogen-bond acceptors (Lipinski definition) is 8. The van der Waals surface area contributed by atoms with Crippen molar-refractivity contribution >= 4 is 44.6 Å². The van der Waals surface area contributed by atoms with Crippen LogP contribution in [0.4, 0.5) is 15.7 Å². The molecule has 0 saturated carbocycles. The lowest BCUT2D eigenvalue weighted by atomic mass is 10.1. The maximum atomic E-state index is 11.9. The minimum atomic E-state index is -0.501. The molecule has 10 nitrogen and oxygen atoms in total. The van der Waals surface area contributed by atoms with Crippen molar-refractivity contribution in [2.45, 2.75) is 19.9 Å². The predicted molar refractivity (Wildman–Crippen MR) is 108 cm³/mol. The highest BCUT2D eigenvalue weighted by molar-refractivity contribution is 7.22. The minimum Gasteiger partial charge on any atom is -0.358 e. The number of anilines is 2. The molecule has 0 saturated heterocycles. The van der Waals surface area contributed by atoms with E-state index >= 15 is 0 Å². The van der Waals surface area contributed by atoms with Crippen LogP contribution in [0.1, 0.15) is 13.8 Å². The first-order chi connectivity index (χ1) is 13.5. The average Bonchev–Trinajstić information content (AvgIpc) is 3.08. The smallest absolute Gasteiger partial charge is 0.321 e. The molecule has 3 amide bonds. The Bertz CT molecular complexity index is 991. The number of hydrogen-bond donors (Lipinski definition) is 4. The van der Waals surface area contributed by atoms with Crippen molar-refractivity contribution in [1.82, 2.24) is 30.6 Å². The topological polar surface area (TPSA) is 134 Å². The first-order valence-electron chi connectivity index (χ1n) is 8.61. The Labute approximate surface area is 165 Å².